The molecular formula is C14H23NO2. The maximum Gasteiger partial charge on any atom is 0.121 e. The molecule has 96 valence electrons. The fourth-order valence-corrected chi connectivity index (χ4v) is 1.87. The fraction of sp³-hybridized carbons (Fsp3) is 0.571. The highest BCUT2D eigenvalue weighted by molar-refractivity contribution is 5.36. The van der Waals surface area contributed by atoms with E-state index in [1.807, 2.05) is 19.1 Å². The van der Waals surface area contributed by atoms with Crippen LogP contribution in [0.4, 0.5) is 0 Å². The summed E-state index contributed by atoms with van der Waals surface area (Å²) in [6.07, 6.45) is 1.64. The summed E-state index contributed by atoms with van der Waals surface area (Å²) in [6, 6.07) is 6.14. The van der Waals surface area contributed by atoms with Crippen LogP contribution in [0.5, 0.6) is 5.75 Å². The molecule has 1 atom stereocenters. The lowest BCUT2D eigenvalue weighted by atomic mass is 10.1. The number of aliphatic hydroxyl groups is 1. The van der Waals surface area contributed by atoms with Gasteiger partial charge in [0.05, 0.1) is 13.2 Å². The van der Waals surface area contributed by atoms with Gasteiger partial charge in [-0.15, -0.1) is 0 Å². The van der Waals surface area contributed by atoms with Gasteiger partial charge in [0.2, 0.25) is 0 Å². The molecule has 1 rings (SSSR count). The Morgan fingerprint density at radius 1 is 1.41 bits per heavy atom. The maximum absolute atomic E-state index is 9.58. The standard InChI is InChI=1S/C14H23NO2/c1-4-5-13(16)10-15-9-12-6-7-14(17-3)11(2)8-12/h6-8,13,15-16H,4-5,9-10H2,1-3H3. The summed E-state index contributed by atoms with van der Waals surface area (Å²) in [5.41, 5.74) is 2.35. The molecule has 1 aromatic carbocycles. The molecule has 1 unspecified atom stereocenters. The zero-order chi connectivity index (χ0) is 12.7. The highest BCUT2D eigenvalue weighted by atomic mass is 16.5. The zero-order valence-electron chi connectivity index (χ0n) is 11.0. The van der Waals surface area contributed by atoms with Crippen LogP contribution < -0.4 is 10.1 Å². The number of hydrogen-bond donors (Lipinski definition) is 2. The Labute approximate surface area is 104 Å². The van der Waals surface area contributed by atoms with Gasteiger partial charge in [-0.2, -0.15) is 0 Å². The first-order valence-corrected chi connectivity index (χ1v) is 6.19. The number of aryl methyl sites for hydroxylation is 1. The summed E-state index contributed by atoms with van der Waals surface area (Å²) in [7, 11) is 1.68. The predicted molar refractivity (Wildman–Crippen MR) is 70.4 cm³/mol. The van der Waals surface area contributed by atoms with Crippen molar-refractivity contribution in [1.82, 2.24) is 5.32 Å². The van der Waals surface area contributed by atoms with Crippen LogP contribution >= 0.6 is 0 Å². The van der Waals surface area contributed by atoms with Crippen LogP contribution in [0.15, 0.2) is 18.2 Å². The number of rotatable bonds is 7. The molecular weight excluding hydrogens is 214 g/mol. The van der Waals surface area contributed by atoms with Crippen molar-refractivity contribution in [3.05, 3.63) is 29.3 Å². The third-order valence-corrected chi connectivity index (χ3v) is 2.79. The van der Waals surface area contributed by atoms with Gasteiger partial charge in [0, 0.05) is 13.1 Å². The van der Waals surface area contributed by atoms with Gasteiger partial charge in [-0.25, -0.2) is 0 Å². The van der Waals surface area contributed by atoms with E-state index in [4.69, 9.17) is 4.74 Å². The quantitative estimate of drug-likeness (QED) is 0.764. The largest absolute Gasteiger partial charge is 0.496 e. The Bertz CT molecular complexity index is 339. The van der Waals surface area contributed by atoms with E-state index < -0.39 is 0 Å². The third kappa shape index (κ3) is 4.75. The Morgan fingerprint density at radius 3 is 2.76 bits per heavy atom. The van der Waals surface area contributed by atoms with Gasteiger partial charge in [0.25, 0.3) is 0 Å². The normalized spacial score (nSPS) is 12.5. The summed E-state index contributed by atoms with van der Waals surface area (Å²) >= 11 is 0. The first-order chi connectivity index (χ1) is 8.17. The second-order valence-corrected chi connectivity index (χ2v) is 4.38. The first-order valence-electron chi connectivity index (χ1n) is 6.19. The van der Waals surface area contributed by atoms with Gasteiger partial charge in [0.15, 0.2) is 0 Å². The molecule has 0 aliphatic carbocycles. The fourth-order valence-electron chi connectivity index (χ4n) is 1.87. The zero-order valence-corrected chi connectivity index (χ0v) is 11.0. The van der Waals surface area contributed by atoms with E-state index in [2.05, 4.69) is 18.3 Å². The molecule has 2 N–H and O–H groups in total. The van der Waals surface area contributed by atoms with Crippen molar-refractivity contribution < 1.29 is 9.84 Å². The van der Waals surface area contributed by atoms with Crippen LogP contribution in [-0.4, -0.2) is 24.9 Å². The van der Waals surface area contributed by atoms with Crippen LogP contribution in [0.2, 0.25) is 0 Å². The molecule has 0 saturated carbocycles. The third-order valence-electron chi connectivity index (χ3n) is 2.79. The maximum atomic E-state index is 9.58. The van der Waals surface area contributed by atoms with Crippen LogP contribution in [0.1, 0.15) is 30.9 Å². The van der Waals surface area contributed by atoms with E-state index in [-0.39, 0.29) is 6.10 Å². The molecule has 0 fully saturated rings. The molecule has 0 aliphatic rings. The van der Waals surface area contributed by atoms with Crippen molar-refractivity contribution in [3.63, 3.8) is 0 Å². The summed E-state index contributed by atoms with van der Waals surface area (Å²) < 4.78 is 5.21. The molecule has 0 aromatic heterocycles. The lowest BCUT2D eigenvalue weighted by Gasteiger charge is -2.11. The minimum absolute atomic E-state index is 0.237. The molecule has 1 aromatic rings. The van der Waals surface area contributed by atoms with Crippen molar-refractivity contribution in [1.29, 1.82) is 0 Å². The van der Waals surface area contributed by atoms with Gasteiger partial charge in [-0.3, -0.25) is 0 Å². The van der Waals surface area contributed by atoms with E-state index >= 15 is 0 Å². The Morgan fingerprint density at radius 2 is 2.18 bits per heavy atom. The molecule has 0 aliphatic heterocycles. The molecule has 3 heteroatoms. The molecule has 0 radical (unpaired) electrons. The topological polar surface area (TPSA) is 41.5 Å². The average molecular weight is 237 g/mol. The van der Waals surface area contributed by atoms with E-state index in [0.717, 1.165) is 30.7 Å². The predicted octanol–water partition coefficient (Wildman–Crippen LogP) is 2.25. The Kier molecular flexibility index (Phi) is 6.01. The lowest BCUT2D eigenvalue weighted by Crippen LogP contribution is -2.26. The van der Waals surface area contributed by atoms with Crippen LogP contribution in [-0.2, 0) is 6.54 Å². The number of ether oxygens (including phenoxy) is 1. The number of benzene rings is 1. The highest BCUT2D eigenvalue weighted by Gasteiger charge is 2.03. The van der Waals surface area contributed by atoms with Crippen molar-refractivity contribution in [2.24, 2.45) is 0 Å². The van der Waals surface area contributed by atoms with Gasteiger partial charge >= 0.3 is 0 Å². The summed E-state index contributed by atoms with van der Waals surface area (Å²) in [6.45, 7) is 5.55. The summed E-state index contributed by atoms with van der Waals surface area (Å²) in [5, 5.41) is 12.8. The van der Waals surface area contributed by atoms with Gasteiger partial charge in [-0.05, 0) is 30.5 Å². The lowest BCUT2D eigenvalue weighted by molar-refractivity contribution is 0.160. The molecule has 0 bridgehead atoms. The number of hydrogen-bond acceptors (Lipinski definition) is 3. The van der Waals surface area contributed by atoms with Crippen molar-refractivity contribution >= 4 is 0 Å². The Hall–Kier alpha value is -1.06. The highest BCUT2D eigenvalue weighted by Crippen LogP contribution is 2.18. The van der Waals surface area contributed by atoms with E-state index in [1.54, 1.807) is 7.11 Å². The minimum Gasteiger partial charge on any atom is -0.496 e. The molecule has 3 nitrogen and oxygen atoms in total. The Balaban J connectivity index is 2.39. The summed E-state index contributed by atoms with van der Waals surface area (Å²) in [5.74, 6) is 0.916. The van der Waals surface area contributed by atoms with E-state index in [0.29, 0.717) is 6.54 Å². The average Bonchev–Trinajstić information content (AvgIpc) is 2.29. The SMILES string of the molecule is CCCC(O)CNCc1ccc(OC)c(C)c1. The van der Waals surface area contributed by atoms with Crippen molar-refractivity contribution in [2.75, 3.05) is 13.7 Å². The van der Waals surface area contributed by atoms with Gasteiger partial charge in [0.1, 0.15) is 5.75 Å². The second-order valence-electron chi connectivity index (χ2n) is 4.38. The second kappa shape index (κ2) is 7.30. The van der Waals surface area contributed by atoms with Gasteiger partial charge in [-0.1, -0.05) is 25.5 Å². The van der Waals surface area contributed by atoms with Crippen molar-refractivity contribution in [2.45, 2.75) is 39.3 Å². The minimum atomic E-state index is -0.237. The molecule has 0 heterocycles. The van der Waals surface area contributed by atoms with Crippen molar-refractivity contribution in [3.8, 4) is 5.75 Å². The molecule has 0 saturated heterocycles. The molecule has 17 heavy (non-hydrogen) atoms. The monoisotopic (exact) mass is 237 g/mol. The molecule has 0 amide bonds. The smallest absolute Gasteiger partial charge is 0.121 e. The summed E-state index contributed by atoms with van der Waals surface area (Å²) in [4.78, 5) is 0. The van der Waals surface area contributed by atoms with E-state index in [9.17, 15) is 5.11 Å². The first kappa shape index (κ1) is 14.0. The van der Waals surface area contributed by atoms with Gasteiger partial charge < -0.3 is 15.2 Å². The number of aliphatic hydroxyl groups excluding tert-OH is 1. The van der Waals surface area contributed by atoms with E-state index in [1.165, 1.54) is 5.56 Å². The molecule has 0 spiro atoms. The number of nitrogens with one attached hydrogen (secondary N) is 1. The van der Waals surface area contributed by atoms with Crippen LogP contribution in [0, 0.1) is 6.92 Å². The van der Waals surface area contributed by atoms with Crippen LogP contribution in [0.3, 0.4) is 0 Å². The van der Waals surface area contributed by atoms with Crippen LogP contribution in [0.25, 0.3) is 0 Å². The number of methoxy groups -OCH3 is 1.